The Morgan fingerprint density at radius 2 is 2.07 bits per heavy atom. The minimum absolute atomic E-state index is 0.116. The van der Waals surface area contributed by atoms with Crippen LogP contribution in [0.3, 0.4) is 0 Å². The van der Waals surface area contributed by atoms with Crippen molar-refractivity contribution in [3.63, 3.8) is 0 Å². The van der Waals surface area contributed by atoms with Crippen molar-refractivity contribution in [2.75, 3.05) is 6.61 Å². The summed E-state index contributed by atoms with van der Waals surface area (Å²) in [5.74, 6) is 3.38. The van der Waals surface area contributed by atoms with Crippen LogP contribution in [0.1, 0.15) is 31.4 Å². The average molecular weight is 203 g/mol. The van der Waals surface area contributed by atoms with Crippen LogP contribution in [0.25, 0.3) is 0 Å². The monoisotopic (exact) mass is 203 g/mol. The summed E-state index contributed by atoms with van der Waals surface area (Å²) in [6, 6.07) is 7.98. The molecule has 2 nitrogen and oxygen atoms in total. The molecule has 0 saturated carbocycles. The highest BCUT2D eigenvalue weighted by molar-refractivity contribution is 5.28. The van der Waals surface area contributed by atoms with Gasteiger partial charge in [-0.1, -0.05) is 19.1 Å². The fourth-order valence-electron chi connectivity index (χ4n) is 1.27. The van der Waals surface area contributed by atoms with Crippen molar-refractivity contribution in [1.29, 1.82) is 0 Å². The smallest absolute Gasteiger partial charge is 0.119 e. The summed E-state index contributed by atoms with van der Waals surface area (Å²) in [6.45, 7) is 2.64. The zero-order valence-corrected chi connectivity index (χ0v) is 9.07. The van der Waals surface area contributed by atoms with Gasteiger partial charge < -0.3 is 10.5 Å². The van der Waals surface area contributed by atoms with Gasteiger partial charge in [0.25, 0.3) is 0 Å². The Labute approximate surface area is 91.4 Å². The van der Waals surface area contributed by atoms with Crippen molar-refractivity contribution in [2.45, 2.75) is 25.8 Å². The number of rotatable bonds is 5. The van der Waals surface area contributed by atoms with Crippen molar-refractivity contribution < 1.29 is 4.74 Å². The van der Waals surface area contributed by atoms with Crippen LogP contribution in [-0.4, -0.2) is 6.61 Å². The first-order valence-corrected chi connectivity index (χ1v) is 5.19. The summed E-state index contributed by atoms with van der Waals surface area (Å²) in [5, 5.41) is 0. The first kappa shape index (κ1) is 11.6. The van der Waals surface area contributed by atoms with Gasteiger partial charge in [0, 0.05) is 12.5 Å². The van der Waals surface area contributed by atoms with Gasteiger partial charge in [0.1, 0.15) is 5.75 Å². The largest absolute Gasteiger partial charge is 0.493 e. The summed E-state index contributed by atoms with van der Waals surface area (Å²) < 4.78 is 5.43. The molecule has 1 aromatic carbocycles. The molecule has 1 rings (SSSR count). The van der Waals surface area contributed by atoms with Crippen LogP contribution in [0, 0.1) is 12.3 Å². The van der Waals surface area contributed by atoms with E-state index in [4.69, 9.17) is 16.9 Å². The molecule has 80 valence electrons. The lowest BCUT2D eigenvalue weighted by Crippen LogP contribution is -2.08. The molecule has 0 amide bonds. The first-order valence-electron chi connectivity index (χ1n) is 5.19. The van der Waals surface area contributed by atoms with E-state index in [2.05, 4.69) is 12.8 Å². The molecule has 1 unspecified atom stereocenters. The zero-order chi connectivity index (χ0) is 11.1. The number of benzene rings is 1. The SMILES string of the molecule is C#CCCOc1ccc(C(N)CC)cc1. The van der Waals surface area contributed by atoms with E-state index in [0.29, 0.717) is 13.0 Å². The maximum absolute atomic E-state index is 5.90. The van der Waals surface area contributed by atoms with E-state index < -0.39 is 0 Å². The van der Waals surface area contributed by atoms with Crippen LogP contribution in [-0.2, 0) is 0 Å². The molecule has 0 radical (unpaired) electrons. The van der Waals surface area contributed by atoms with Crippen molar-refractivity contribution in [2.24, 2.45) is 5.73 Å². The summed E-state index contributed by atoms with van der Waals surface area (Å²) in [7, 11) is 0. The van der Waals surface area contributed by atoms with Gasteiger partial charge in [0.15, 0.2) is 0 Å². The fraction of sp³-hybridized carbons (Fsp3) is 0.385. The topological polar surface area (TPSA) is 35.2 Å². The molecular formula is C13H17NO. The molecule has 0 fully saturated rings. The molecule has 2 heteroatoms. The summed E-state index contributed by atoms with van der Waals surface area (Å²) in [4.78, 5) is 0. The van der Waals surface area contributed by atoms with Crippen LogP contribution < -0.4 is 10.5 Å². The quantitative estimate of drug-likeness (QED) is 0.589. The van der Waals surface area contributed by atoms with E-state index >= 15 is 0 Å². The second-order valence-electron chi connectivity index (χ2n) is 3.39. The molecule has 0 aromatic heterocycles. The van der Waals surface area contributed by atoms with Gasteiger partial charge in [0.05, 0.1) is 6.61 Å². The molecule has 1 aromatic rings. The van der Waals surface area contributed by atoms with E-state index in [9.17, 15) is 0 Å². The van der Waals surface area contributed by atoms with Gasteiger partial charge in [0.2, 0.25) is 0 Å². The molecule has 0 heterocycles. The lowest BCUT2D eigenvalue weighted by atomic mass is 10.1. The van der Waals surface area contributed by atoms with E-state index in [1.165, 1.54) is 0 Å². The number of ether oxygens (including phenoxy) is 1. The Morgan fingerprint density at radius 3 is 2.60 bits per heavy atom. The predicted molar refractivity (Wildman–Crippen MR) is 62.6 cm³/mol. The second kappa shape index (κ2) is 6.10. The van der Waals surface area contributed by atoms with Crippen LogP contribution >= 0.6 is 0 Å². The molecule has 2 N–H and O–H groups in total. The van der Waals surface area contributed by atoms with Crippen molar-refractivity contribution >= 4 is 0 Å². The van der Waals surface area contributed by atoms with Crippen LogP contribution in [0.2, 0.25) is 0 Å². The van der Waals surface area contributed by atoms with E-state index in [1.807, 2.05) is 24.3 Å². The Balaban J connectivity index is 2.53. The van der Waals surface area contributed by atoms with Gasteiger partial charge in [-0.15, -0.1) is 12.3 Å². The van der Waals surface area contributed by atoms with Crippen molar-refractivity contribution in [3.8, 4) is 18.1 Å². The molecule has 0 aliphatic rings. The molecule has 15 heavy (non-hydrogen) atoms. The molecule has 0 aliphatic heterocycles. The predicted octanol–water partition coefficient (Wildman–Crippen LogP) is 2.50. The first-order chi connectivity index (χ1) is 7.27. The number of nitrogens with two attached hydrogens (primary N) is 1. The van der Waals surface area contributed by atoms with Gasteiger partial charge >= 0.3 is 0 Å². The van der Waals surface area contributed by atoms with Crippen molar-refractivity contribution in [1.82, 2.24) is 0 Å². The third-order valence-electron chi connectivity index (χ3n) is 2.26. The summed E-state index contributed by atoms with van der Waals surface area (Å²) in [6.07, 6.45) is 6.70. The number of hydrogen-bond acceptors (Lipinski definition) is 2. The molecule has 1 atom stereocenters. The molecule has 0 saturated heterocycles. The third kappa shape index (κ3) is 3.65. The standard InChI is InChI=1S/C13H17NO/c1-3-5-10-15-12-8-6-11(7-9-12)13(14)4-2/h1,6-9,13H,4-5,10,14H2,2H3. The maximum atomic E-state index is 5.90. The lowest BCUT2D eigenvalue weighted by Gasteiger charge is -2.10. The summed E-state index contributed by atoms with van der Waals surface area (Å²) in [5.41, 5.74) is 7.04. The van der Waals surface area contributed by atoms with Crippen molar-refractivity contribution in [3.05, 3.63) is 29.8 Å². The normalized spacial score (nSPS) is 11.8. The van der Waals surface area contributed by atoms with Crippen LogP contribution in [0.15, 0.2) is 24.3 Å². The van der Waals surface area contributed by atoms with E-state index in [0.717, 1.165) is 17.7 Å². The highest BCUT2D eigenvalue weighted by Crippen LogP contribution is 2.18. The van der Waals surface area contributed by atoms with Crippen LogP contribution in [0.4, 0.5) is 0 Å². The van der Waals surface area contributed by atoms with Gasteiger partial charge in [-0.25, -0.2) is 0 Å². The van der Waals surface area contributed by atoms with E-state index in [1.54, 1.807) is 0 Å². The Bertz CT molecular complexity index is 323. The zero-order valence-electron chi connectivity index (χ0n) is 9.07. The van der Waals surface area contributed by atoms with Crippen LogP contribution in [0.5, 0.6) is 5.75 Å². The highest BCUT2D eigenvalue weighted by atomic mass is 16.5. The maximum Gasteiger partial charge on any atom is 0.119 e. The Hall–Kier alpha value is -1.46. The van der Waals surface area contributed by atoms with Gasteiger partial charge in [-0.2, -0.15) is 0 Å². The number of hydrogen-bond donors (Lipinski definition) is 1. The third-order valence-corrected chi connectivity index (χ3v) is 2.26. The second-order valence-corrected chi connectivity index (χ2v) is 3.39. The highest BCUT2D eigenvalue weighted by Gasteiger charge is 2.02. The molecule has 0 aliphatic carbocycles. The Morgan fingerprint density at radius 1 is 1.40 bits per heavy atom. The van der Waals surface area contributed by atoms with Gasteiger partial charge in [-0.05, 0) is 24.1 Å². The fourth-order valence-corrected chi connectivity index (χ4v) is 1.27. The lowest BCUT2D eigenvalue weighted by molar-refractivity contribution is 0.327. The van der Waals surface area contributed by atoms with E-state index in [-0.39, 0.29) is 6.04 Å². The summed E-state index contributed by atoms with van der Waals surface area (Å²) >= 11 is 0. The minimum Gasteiger partial charge on any atom is -0.493 e. The number of terminal acetylenes is 1. The van der Waals surface area contributed by atoms with Gasteiger partial charge in [-0.3, -0.25) is 0 Å². The molecular weight excluding hydrogens is 186 g/mol. The minimum atomic E-state index is 0.116. The Kier molecular flexibility index (Phi) is 4.73. The molecule has 0 bridgehead atoms. The average Bonchev–Trinajstić information content (AvgIpc) is 2.29. The molecule has 0 spiro atoms.